The third-order valence-corrected chi connectivity index (χ3v) is 1.00. The molecule has 0 spiro atoms. The molecule has 0 bridgehead atoms. The van der Waals surface area contributed by atoms with E-state index in [1.54, 1.807) is 0 Å². The molecular formula is C3H6ClF2N. The van der Waals surface area contributed by atoms with Crippen LogP contribution in [0.1, 0.15) is 6.92 Å². The van der Waals surface area contributed by atoms with E-state index in [-0.39, 0.29) is 5.88 Å². The molecule has 0 saturated carbocycles. The van der Waals surface area contributed by atoms with Gasteiger partial charge in [0.25, 0.3) is 0 Å². The molecule has 0 heterocycles. The van der Waals surface area contributed by atoms with Gasteiger partial charge in [0, 0.05) is 11.2 Å². The van der Waals surface area contributed by atoms with Crippen LogP contribution in [-0.4, -0.2) is 17.3 Å². The van der Waals surface area contributed by atoms with E-state index < -0.39 is 11.4 Å². The number of hydrogen-bond acceptors (Lipinski definition) is 1. The molecule has 0 rings (SSSR count). The summed E-state index contributed by atoms with van der Waals surface area (Å²) in [5, 5.41) is -0.910. The zero-order valence-electron chi connectivity index (χ0n) is 3.87. The average molecular weight is 130 g/mol. The van der Waals surface area contributed by atoms with Crippen molar-refractivity contribution in [2.24, 2.45) is 0 Å². The number of rotatable bonds is 2. The minimum Gasteiger partial charge on any atom is -0.125 e. The molecule has 4 heteroatoms. The minimum atomic E-state index is -0.910. The van der Waals surface area contributed by atoms with Gasteiger partial charge in [0.2, 0.25) is 0 Å². The first kappa shape index (κ1) is 7.11. The van der Waals surface area contributed by atoms with Gasteiger partial charge in [-0.3, -0.25) is 0 Å². The molecule has 1 unspecified atom stereocenters. The lowest BCUT2D eigenvalue weighted by atomic mass is 10.4. The van der Waals surface area contributed by atoms with Crippen molar-refractivity contribution < 1.29 is 8.96 Å². The highest BCUT2D eigenvalue weighted by Crippen LogP contribution is 2.00. The first-order valence-corrected chi connectivity index (χ1v) is 2.38. The average Bonchev–Trinajstić information content (AvgIpc) is 1.65. The minimum absolute atomic E-state index is 0.0347. The number of alkyl halides is 1. The van der Waals surface area contributed by atoms with Crippen LogP contribution in [-0.2, 0) is 0 Å². The van der Waals surface area contributed by atoms with Gasteiger partial charge in [0.15, 0.2) is 0 Å². The van der Waals surface area contributed by atoms with Crippen LogP contribution in [0.3, 0.4) is 0 Å². The predicted molar refractivity (Wildman–Crippen MR) is 24.2 cm³/mol. The summed E-state index contributed by atoms with van der Waals surface area (Å²) in [5.41, 5.74) is 0. The molecule has 0 N–H and O–H groups in total. The fraction of sp³-hybridized carbons (Fsp3) is 1.00. The number of nitrogens with zero attached hydrogens (tertiary/aromatic N) is 1. The summed E-state index contributed by atoms with van der Waals surface area (Å²) in [6.07, 6.45) is 0. The topological polar surface area (TPSA) is 3.24 Å². The van der Waals surface area contributed by atoms with Crippen molar-refractivity contribution in [1.82, 2.24) is 5.34 Å². The third kappa shape index (κ3) is 2.76. The summed E-state index contributed by atoms with van der Waals surface area (Å²) in [6, 6.07) is -0.832. The van der Waals surface area contributed by atoms with Crippen LogP contribution < -0.4 is 0 Å². The zero-order chi connectivity index (χ0) is 5.86. The van der Waals surface area contributed by atoms with Gasteiger partial charge in [0.1, 0.15) is 0 Å². The van der Waals surface area contributed by atoms with Crippen LogP contribution in [0.25, 0.3) is 0 Å². The van der Waals surface area contributed by atoms with Gasteiger partial charge in [-0.25, -0.2) is 0 Å². The molecular weight excluding hydrogens is 123 g/mol. The Kier molecular flexibility index (Phi) is 3.21. The van der Waals surface area contributed by atoms with E-state index in [9.17, 15) is 8.96 Å². The van der Waals surface area contributed by atoms with Crippen LogP contribution in [0.15, 0.2) is 0 Å². The van der Waals surface area contributed by atoms with Gasteiger partial charge in [-0.1, -0.05) is 0 Å². The Balaban J connectivity index is 3.14. The highest BCUT2D eigenvalue weighted by molar-refractivity contribution is 6.18. The molecule has 1 nitrogen and oxygen atoms in total. The van der Waals surface area contributed by atoms with Crippen molar-refractivity contribution in [3.8, 4) is 0 Å². The molecule has 1 atom stereocenters. The molecule has 0 aliphatic rings. The first-order chi connectivity index (χ1) is 3.18. The molecule has 0 aliphatic heterocycles. The summed E-state index contributed by atoms with van der Waals surface area (Å²) in [6.45, 7) is 1.34. The molecule has 0 fully saturated rings. The van der Waals surface area contributed by atoms with Gasteiger partial charge < -0.3 is 0 Å². The lowest BCUT2D eigenvalue weighted by molar-refractivity contribution is -0.176. The summed E-state index contributed by atoms with van der Waals surface area (Å²) < 4.78 is 22.4. The second-order valence-corrected chi connectivity index (χ2v) is 1.57. The summed E-state index contributed by atoms with van der Waals surface area (Å²) in [5.74, 6) is -0.0347. The van der Waals surface area contributed by atoms with Crippen molar-refractivity contribution in [3.05, 3.63) is 0 Å². The van der Waals surface area contributed by atoms with Crippen LogP contribution in [0.2, 0.25) is 0 Å². The maximum absolute atomic E-state index is 11.2. The maximum atomic E-state index is 11.2. The van der Waals surface area contributed by atoms with Crippen molar-refractivity contribution >= 4 is 11.6 Å². The van der Waals surface area contributed by atoms with E-state index in [0.29, 0.717) is 0 Å². The largest absolute Gasteiger partial charge is 0.125 e. The highest BCUT2D eigenvalue weighted by Gasteiger charge is 2.08. The highest BCUT2D eigenvalue weighted by atomic mass is 35.5. The van der Waals surface area contributed by atoms with Crippen LogP contribution in [0.4, 0.5) is 8.96 Å². The third-order valence-electron chi connectivity index (χ3n) is 0.557. The van der Waals surface area contributed by atoms with Crippen molar-refractivity contribution in [2.45, 2.75) is 13.0 Å². The van der Waals surface area contributed by atoms with E-state index in [0.717, 1.165) is 0 Å². The molecule has 0 aromatic heterocycles. The van der Waals surface area contributed by atoms with Gasteiger partial charge in [-0.2, -0.15) is 0 Å². The van der Waals surface area contributed by atoms with Gasteiger partial charge in [-0.15, -0.1) is 20.6 Å². The monoisotopic (exact) mass is 129 g/mol. The van der Waals surface area contributed by atoms with Gasteiger partial charge in [0.05, 0.1) is 6.04 Å². The molecule has 44 valence electrons. The first-order valence-electron chi connectivity index (χ1n) is 1.85. The Morgan fingerprint density at radius 1 is 1.71 bits per heavy atom. The van der Waals surface area contributed by atoms with Crippen molar-refractivity contribution in [3.63, 3.8) is 0 Å². The Morgan fingerprint density at radius 2 is 2.14 bits per heavy atom. The van der Waals surface area contributed by atoms with Crippen molar-refractivity contribution in [1.29, 1.82) is 0 Å². The number of halogens is 3. The van der Waals surface area contributed by atoms with Gasteiger partial charge >= 0.3 is 0 Å². The fourth-order valence-electron chi connectivity index (χ4n) is 0.0522. The zero-order valence-corrected chi connectivity index (χ0v) is 4.62. The molecule has 0 amide bonds. The predicted octanol–water partition coefficient (Wildman–Crippen LogP) is 1.68. The normalized spacial score (nSPS) is 15.0. The SMILES string of the molecule is CC(CCl)N(F)F. The van der Waals surface area contributed by atoms with E-state index in [1.807, 2.05) is 0 Å². The molecule has 7 heavy (non-hydrogen) atoms. The van der Waals surface area contributed by atoms with E-state index in [1.165, 1.54) is 6.92 Å². The lowest BCUT2D eigenvalue weighted by Crippen LogP contribution is -2.17. The van der Waals surface area contributed by atoms with E-state index >= 15 is 0 Å². The Hall–Kier alpha value is 0.110. The van der Waals surface area contributed by atoms with Gasteiger partial charge in [-0.05, 0) is 6.92 Å². The fourth-order valence-corrected chi connectivity index (χ4v) is 0.156. The summed E-state index contributed by atoms with van der Waals surface area (Å²) >= 11 is 5.03. The second kappa shape index (κ2) is 3.16. The van der Waals surface area contributed by atoms with E-state index in [4.69, 9.17) is 11.6 Å². The Labute approximate surface area is 45.7 Å². The molecule has 0 aliphatic carbocycles. The van der Waals surface area contributed by atoms with Crippen molar-refractivity contribution in [2.75, 3.05) is 5.88 Å². The maximum Gasteiger partial charge on any atom is 0.0837 e. The smallest absolute Gasteiger partial charge is 0.0837 e. The van der Waals surface area contributed by atoms with Crippen LogP contribution >= 0.6 is 11.6 Å². The summed E-state index contributed by atoms with van der Waals surface area (Å²) in [4.78, 5) is 0. The lowest BCUT2D eigenvalue weighted by Gasteiger charge is -2.03. The Morgan fingerprint density at radius 3 is 2.14 bits per heavy atom. The molecule has 0 aromatic rings. The quantitative estimate of drug-likeness (QED) is 0.405. The summed E-state index contributed by atoms with van der Waals surface area (Å²) in [7, 11) is 0. The van der Waals surface area contributed by atoms with Crippen LogP contribution in [0, 0.1) is 0 Å². The molecule has 0 radical (unpaired) electrons. The molecule has 0 aromatic carbocycles. The standard InChI is InChI=1S/C3H6ClF2N/c1-3(2-4)7(5)6/h3H,2H2,1H3. The van der Waals surface area contributed by atoms with E-state index in [2.05, 4.69) is 0 Å². The Bertz CT molecular complexity index is 50.2. The second-order valence-electron chi connectivity index (χ2n) is 1.26. The van der Waals surface area contributed by atoms with Crippen LogP contribution in [0.5, 0.6) is 0 Å². The number of hydrogen-bond donors (Lipinski definition) is 0. The molecule has 0 saturated heterocycles.